The molecule has 3 rings (SSSR count). The lowest BCUT2D eigenvalue weighted by Crippen LogP contribution is -2.29. The summed E-state index contributed by atoms with van der Waals surface area (Å²) in [4.78, 5) is 0.824. The predicted molar refractivity (Wildman–Crippen MR) is 95.9 cm³/mol. The van der Waals surface area contributed by atoms with E-state index in [4.69, 9.17) is 4.52 Å². The third kappa shape index (κ3) is 3.39. The van der Waals surface area contributed by atoms with E-state index in [0.29, 0.717) is 12.2 Å². The Labute approximate surface area is 150 Å². The lowest BCUT2D eigenvalue weighted by Gasteiger charge is -2.16. The summed E-state index contributed by atoms with van der Waals surface area (Å²) in [5.41, 5.74) is 2.43. The molecule has 1 unspecified atom stereocenters. The van der Waals surface area contributed by atoms with Gasteiger partial charge in [-0.05, 0) is 38.5 Å². The average molecular weight is 380 g/mol. The number of rotatable bonds is 6. The fourth-order valence-electron chi connectivity index (χ4n) is 2.76. The Bertz CT molecular complexity index is 965. The molecule has 0 aliphatic heterocycles. The van der Waals surface area contributed by atoms with Crippen LogP contribution in [0.15, 0.2) is 33.1 Å². The number of hydrogen-bond donors (Lipinski definition) is 1. The van der Waals surface area contributed by atoms with Gasteiger partial charge in [0.05, 0.1) is 23.0 Å². The van der Waals surface area contributed by atoms with Gasteiger partial charge in [0.15, 0.2) is 0 Å². The van der Waals surface area contributed by atoms with Crippen LogP contribution >= 0.6 is 11.3 Å². The second kappa shape index (κ2) is 6.74. The van der Waals surface area contributed by atoms with E-state index in [1.54, 1.807) is 30.1 Å². The van der Waals surface area contributed by atoms with Gasteiger partial charge in [0.25, 0.3) is 10.0 Å². The zero-order valence-corrected chi connectivity index (χ0v) is 16.1. The quantitative estimate of drug-likeness (QED) is 0.709. The molecule has 0 amide bonds. The summed E-state index contributed by atoms with van der Waals surface area (Å²) in [6.07, 6.45) is 2.29. The molecule has 25 heavy (non-hydrogen) atoms. The van der Waals surface area contributed by atoms with Crippen LogP contribution in [-0.2, 0) is 17.1 Å². The molecule has 0 saturated heterocycles. The first-order chi connectivity index (χ1) is 11.8. The Morgan fingerprint density at radius 1 is 1.32 bits per heavy atom. The molecule has 0 aromatic carbocycles. The standard InChI is InChI=1S/C16H20N4O3S2/c1-5-12(13-8-9-17-20(13)4)19-25(21,22)15-7-6-14(24-15)16-10(2)18-23-11(16)3/h6-9,12,19H,5H2,1-4H3. The van der Waals surface area contributed by atoms with Crippen molar-refractivity contribution in [3.05, 3.63) is 41.5 Å². The fourth-order valence-corrected chi connectivity index (χ4v) is 5.52. The molecule has 0 spiro atoms. The van der Waals surface area contributed by atoms with Crippen molar-refractivity contribution < 1.29 is 12.9 Å². The maximum Gasteiger partial charge on any atom is 0.250 e. The predicted octanol–water partition coefficient (Wildman–Crippen LogP) is 3.18. The summed E-state index contributed by atoms with van der Waals surface area (Å²) in [6, 6.07) is 4.89. The highest BCUT2D eigenvalue weighted by atomic mass is 32.2. The highest BCUT2D eigenvalue weighted by Gasteiger charge is 2.25. The molecule has 7 nitrogen and oxygen atoms in total. The zero-order chi connectivity index (χ0) is 18.2. The van der Waals surface area contributed by atoms with Gasteiger partial charge >= 0.3 is 0 Å². The number of nitrogens with zero attached hydrogens (tertiary/aromatic N) is 3. The SMILES string of the molecule is CCC(NS(=O)(=O)c1ccc(-c2c(C)noc2C)s1)c1ccnn1C. The molecule has 1 atom stereocenters. The van der Waals surface area contributed by atoms with Crippen LogP contribution in [0.2, 0.25) is 0 Å². The Morgan fingerprint density at radius 3 is 2.64 bits per heavy atom. The van der Waals surface area contributed by atoms with E-state index < -0.39 is 10.0 Å². The topological polar surface area (TPSA) is 90.0 Å². The minimum absolute atomic E-state index is 0.267. The fraction of sp³-hybridized carbons (Fsp3) is 0.375. The van der Waals surface area contributed by atoms with Crippen molar-refractivity contribution in [1.29, 1.82) is 0 Å². The van der Waals surface area contributed by atoms with E-state index in [0.717, 1.165) is 21.8 Å². The van der Waals surface area contributed by atoms with Gasteiger partial charge in [-0.1, -0.05) is 12.1 Å². The zero-order valence-electron chi connectivity index (χ0n) is 14.5. The second-order valence-corrected chi connectivity index (χ2v) is 8.80. The van der Waals surface area contributed by atoms with Gasteiger partial charge in [-0.15, -0.1) is 11.3 Å². The number of thiophene rings is 1. The number of nitrogens with one attached hydrogen (secondary N) is 1. The Morgan fingerprint density at radius 2 is 2.08 bits per heavy atom. The molecule has 9 heteroatoms. The van der Waals surface area contributed by atoms with Crippen LogP contribution in [0, 0.1) is 13.8 Å². The average Bonchev–Trinajstić information content (AvgIpc) is 3.26. The van der Waals surface area contributed by atoms with Crippen molar-refractivity contribution in [2.24, 2.45) is 7.05 Å². The van der Waals surface area contributed by atoms with Crippen LogP contribution < -0.4 is 4.72 Å². The third-order valence-electron chi connectivity index (χ3n) is 4.05. The highest BCUT2D eigenvalue weighted by Crippen LogP contribution is 2.35. The van der Waals surface area contributed by atoms with Crippen LogP contribution in [0.4, 0.5) is 0 Å². The van der Waals surface area contributed by atoms with E-state index in [1.165, 1.54) is 11.3 Å². The summed E-state index contributed by atoms with van der Waals surface area (Å²) in [5, 5.41) is 8.04. The summed E-state index contributed by atoms with van der Waals surface area (Å²) < 4.78 is 35.5. The van der Waals surface area contributed by atoms with Crippen molar-refractivity contribution in [3.8, 4) is 10.4 Å². The Balaban J connectivity index is 1.90. The molecule has 1 N–H and O–H groups in total. The summed E-state index contributed by atoms with van der Waals surface area (Å²) in [5.74, 6) is 0.678. The summed E-state index contributed by atoms with van der Waals surface area (Å²) in [6.45, 7) is 5.59. The molecular formula is C16H20N4O3S2. The number of aromatic nitrogens is 3. The molecule has 3 aromatic heterocycles. The van der Waals surface area contributed by atoms with Gasteiger partial charge < -0.3 is 4.52 Å². The van der Waals surface area contributed by atoms with Crippen molar-refractivity contribution in [3.63, 3.8) is 0 Å². The van der Waals surface area contributed by atoms with Crippen LogP contribution in [0.1, 0.15) is 36.5 Å². The molecule has 3 heterocycles. The smallest absolute Gasteiger partial charge is 0.250 e. The number of aryl methyl sites for hydroxylation is 3. The number of sulfonamides is 1. The molecule has 0 fully saturated rings. The first-order valence-electron chi connectivity index (χ1n) is 7.86. The maximum absolute atomic E-state index is 12.8. The largest absolute Gasteiger partial charge is 0.361 e. The third-order valence-corrected chi connectivity index (χ3v) is 7.11. The van der Waals surface area contributed by atoms with Crippen LogP contribution in [0.5, 0.6) is 0 Å². The molecular weight excluding hydrogens is 360 g/mol. The summed E-state index contributed by atoms with van der Waals surface area (Å²) in [7, 11) is -1.84. The molecule has 0 radical (unpaired) electrons. The van der Waals surface area contributed by atoms with Gasteiger partial charge in [-0.3, -0.25) is 4.68 Å². The van der Waals surface area contributed by atoms with Crippen molar-refractivity contribution in [1.82, 2.24) is 19.7 Å². The van der Waals surface area contributed by atoms with E-state index in [9.17, 15) is 8.42 Å². The van der Waals surface area contributed by atoms with Crippen molar-refractivity contribution in [2.45, 2.75) is 37.4 Å². The Kier molecular flexibility index (Phi) is 4.81. The molecule has 0 bridgehead atoms. The number of hydrogen-bond acceptors (Lipinski definition) is 6. The molecule has 134 valence electrons. The molecule has 0 aliphatic rings. The van der Waals surface area contributed by atoms with Gasteiger partial charge in [0, 0.05) is 18.1 Å². The normalized spacial score (nSPS) is 13.3. The van der Waals surface area contributed by atoms with E-state index >= 15 is 0 Å². The highest BCUT2D eigenvalue weighted by molar-refractivity contribution is 7.91. The van der Waals surface area contributed by atoms with Gasteiger partial charge in [-0.25, -0.2) is 13.1 Å². The Hall–Kier alpha value is -1.97. The first kappa shape index (κ1) is 17.8. The minimum atomic E-state index is -3.63. The van der Waals surface area contributed by atoms with E-state index in [2.05, 4.69) is 15.0 Å². The second-order valence-electron chi connectivity index (χ2n) is 5.78. The lowest BCUT2D eigenvalue weighted by molar-refractivity contribution is 0.393. The molecule has 0 aliphatic carbocycles. The first-order valence-corrected chi connectivity index (χ1v) is 10.2. The van der Waals surface area contributed by atoms with E-state index in [-0.39, 0.29) is 10.3 Å². The maximum atomic E-state index is 12.8. The van der Waals surface area contributed by atoms with Crippen molar-refractivity contribution >= 4 is 21.4 Å². The van der Waals surface area contributed by atoms with E-state index in [1.807, 2.05) is 26.8 Å². The van der Waals surface area contributed by atoms with Gasteiger partial charge in [0.1, 0.15) is 9.97 Å². The van der Waals surface area contributed by atoms with Crippen LogP contribution in [0.25, 0.3) is 10.4 Å². The van der Waals surface area contributed by atoms with Gasteiger partial charge in [-0.2, -0.15) is 5.10 Å². The monoisotopic (exact) mass is 380 g/mol. The minimum Gasteiger partial charge on any atom is -0.361 e. The van der Waals surface area contributed by atoms with Crippen molar-refractivity contribution in [2.75, 3.05) is 0 Å². The molecule has 0 saturated carbocycles. The van der Waals surface area contributed by atoms with Crippen LogP contribution in [-0.4, -0.2) is 23.4 Å². The van der Waals surface area contributed by atoms with Gasteiger partial charge in [0.2, 0.25) is 0 Å². The lowest BCUT2D eigenvalue weighted by atomic mass is 10.2. The van der Waals surface area contributed by atoms with Crippen LogP contribution in [0.3, 0.4) is 0 Å². The summed E-state index contributed by atoms with van der Waals surface area (Å²) >= 11 is 1.21. The molecule has 3 aromatic rings.